The summed E-state index contributed by atoms with van der Waals surface area (Å²) in [5, 5.41) is 0. The topological polar surface area (TPSA) is 40.6 Å². The van der Waals surface area contributed by atoms with Crippen LogP contribution in [0, 0.1) is 11.8 Å². The quantitative estimate of drug-likeness (QED) is 0.856. The van der Waals surface area contributed by atoms with Crippen molar-refractivity contribution in [1.29, 1.82) is 0 Å². The fourth-order valence-corrected chi connectivity index (χ4v) is 3.55. The lowest BCUT2D eigenvalue weighted by atomic mass is 9.97. The van der Waals surface area contributed by atoms with Crippen LogP contribution in [0.1, 0.15) is 31.7 Å². The molecule has 1 atom stereocenters. The number of rotatable bonds is 4. The third kappa shape index (κ3) is 3.92. The zero-order valence-corrected chi connectivity index (χ0v) is 13.9. The number of carbonyl (C=O) groups is 2. The van der Waals surface area contributed by atoms with Crippen molar-refractivity contribution >= 4 is 11.8 Å². The van der Waals surface area contributed by atoms with Crippen molar-refractivity contribution in [3.63, 3.8) is 0 Å². The third-order valence-corrected chi connectivity index (χ3v) is 5.17. The molecule has 0 saturated carbocycles. The molecule has 2 saturated heterocycles. The van der Waals surface area contributed by atoms with E-state index in [0.717, 1.165) is 32.4 Å². The van der Waals surface area contributed by atoms with Gasteiger partial charge < -0.3 is 9.80 Å². The number of hydrogen-bond acceptors (Lipinski definition) is 2. The normalized spacial score (nSPS) is 22.7. The first-order chi connectivity index (χ1) is 11.1. The van der Waals surface area contributed by atoms with Crippen LogP contribution in [0.25, 0.3) is 0 Å². The Labute approximate surface area is 138 Å². The van der Waals surface area contributed by atoms with E-state index in [9.17, 15) is 9.59 Å². The first-order valence-electron chi connectivity index (χ1n) is 8.74. The summed E-state index contributed by atoms with van der Waals surface area (Å²) < 4.78 is 0. The molecule has 0 aliphatic carbocycles. The summed E-state index contributed by atoms with van der Waals surface area (Å²) in [4.78, 5) is 28.7. The van der Waals surface area contributed by atoms with E-state index in [0.29, 0.717) is 25.4 Å². The Morgan fingerprint density at radius 3 is 2.57 bits per heavy atom. The average molecular weight is 314 g/mol. The second kappa shape index (κ2) is 7.16. The smallest absolute Gasteiger partial charge is 0.227 e. The van der Waals surface area contributed by atoms with E-state index >= 15 is 0 Å². The van der Waals surface area contributed by atoms with Crippen molar-refractivity contribution in [2.75, 3.05) is 26.2 Å². The number of likely N-dealkylation sites (tertiary alicyclic amines) is 2. The van der Waals surface area contributed by atoms with E-state index < -0.39 is 0 Å². The maximum absolute atomic E-state index is 12.6. The van der Waals surface area contributed by atoms with E-state index in [4.69, 9.17) is 0 Å². The summed E-state index contributed by atoms with van der Waals surface area (Å²) in [6, 6.07) is 10.2. The molecule has 2 aliphatic heterocycles. The van der Waals surface area contributed by atoms with Gasteiger partial charge in [-0.15, -0.1) is 0 Å². The monoisotopic (exact) mass is 314 g/mol. The van der Waals surface area contributed by atoms with Crippen LogP contribution in [0.2, 0.25) is 0 Å². The lowest BCUT2D eigenvalue weighted by Crippen LogP contribution is -2.42. The first-order valence-corrected chi connectivity index (χ1v) is 8.74. The average Bonchev–Trinajstić information content (AvgIpc) is 2.95. The largest absolute Gasteiger partial charge is 0.342 e. The van der Waals surface area contributed by atoms with Crippen molar-refractivity contribution < 1.29 is 9.59 Å². The van der Waals surface area contributed by atoms with Crippen LogP contribution in [0.15, 0.2) is 30.3 Å². The van der Waals surface area contributed by atoms with Gasteiger partial charge >= 0.3 is 0 Å². The molecule has 2 amide bonds. The summed E-state index contributed by atoms with van der Waals surface area (Å²) in [7, 11) is 0. The van der Waals surface area contributed by atoms with Crippen LogP contribution in [-0.4, -0.2) is 47.8 Å². The van der Waals surface area contributed by atoms with Crippen molar-refractivity contribution in [3.05, 3.63) is 35.9 Å². The first kappa shape index (κ1) is 16.0. The highest BCUT2D eigenvalue weighted by molar-refractivity contribution is 5.89. The molecule has 1 unspecified atom stereocenters. The molecule has 0 aromatic heterocycles. The molecule has 0 N–H and O–H groups in total. The Morgan fingerprint density at radius 2 is 1.87 bits per heavy atom. The van der Waals surface area contributed by atoms with E-state index in [-0.39, 0.29) is 17.7 Å². The number of nitrogens with zero attached hydrogens (tertiary/aromatic N) is 2. The second-order valence-electron chi connectivity index (χ2n) is 6.98. The molecule has 0 bridgehead atoms. The highest BCUT2D eigenvalue weighted by Gasteiger charge is 2.36. The number of amides is 2. The molecule has 4 nitrogen and oxygen atoms in total. The predicted molar refractivity (Wildman–Crippen MR) is 89.8 cm³/mol. The Hall–Kier alpha value is -1.84. The fraction of sp³-hybridized carbons (Fsp3) is 0.579. The van der Waals surface area contributed by atoms with Gasteiger partial charge in [0.1, 0.15) is 0 Å². The molecule has 23 heavy (non-hydrogen) atoms. The molecule has 0 spiro atoms. The Kier molecular flexibility index (Phi) is 4.99. The molecule has 1 aromatic carbocycles. The minimum Gasteiger partial charge on any atom is -0.342 e. The van der Waals surface area contributed by atoms with E-state index in [2.05, 4.69) is 19.1 Å². The predicted octanol–water partition coefficient (Wildman–Crippen LogP) is 2.34. The molecule has 124 valence electrons. The van der Waals surface area contributed by atoms with Crippen LogP contribution in [0.3, 0.4) is 0 Å². The minimum absolute atomic E-state index is 0.129. The summed E-state index contributed by atoms with van der Waals surface area (Å²) in [5.41, 5.74) is 1.24. The number of benzene rings is 1. The van der Waals surface area contributed by atoms with Gasteiger partial charge in [-0.1, -0.05) is 37.3 Å². The van der Waals surface area contributed by atoms with Gasteiger partial charge in [0.05, 0.1) is 5.92 Å². The third-order valence-electron chi connectivity index (χ3n) is 5.17. The number of piperidine rings is 1. The van der Waals surface area contributed by atoms with E-state index in [1.54, 1.807) is 0 Å². The van der Waals surface area contributed by atoms with Gasteiger partial charge in [-0.05, 0) is 30.7 Å². The lowest BCUT2D eigenvalue weighted by molar-refractivity contribution is -0.137. The molecule has 2 fully saturated rings. The Bertz CT molecular complexity index is 550. The summed E-state index contributed by atoms with van der Waals surface area (Å²) in [6.45, 7) is 5.26. The van der Waals surface area contributed by atoms with E-state index in [1.807, 2.05) is 28.0 Å². The van der Waals surface area contributed by atoms with Crippen molar-refractivity contribution in [2.45, 2.75) is 32.6 Å². The van der Waals surface area contributed by atoms with Crippen LogP contribution in [-0.2, 0) is 16.0 Å². The molecular formula is C19H26N2O2. The highest BCUT2D eigenvalue weighted by Crippen LogP contribution is 2.24. The van der Waals surface area contributed by atoms with Gasteiger partial charge in [0.15, 0.2) is 0 Å². The Balaban J connectivity index is 1.51. The van der Waals surface area contributed by atoms with Crippen molar-refractivity contribution in [1.82, 2.24) is 9.80 Å². The Morgan fingerprint density at radius 1 is 1.17 bits per heavy atom. The van der Waals surface area contributed by atoms with E-state index in [1.165, 1.54) is 5.56 Å². The SMILES string of the molecule is CC1CCN(C(=O)C2CC(=O)N(CCc3ccccc3)C2)CC1. The zero-order chi connectivity index (χ0) is 16.2. The van der Waals surface area contributed by atoms with Crippen LogP contribution in [0.4, 0.5) is 0 Å². The van der Waals surface area contributed by atoms with Gasteiger partial charge in [0.2, 0.25) is 11.8 Å². The van der Waals surface area contributed by atoms with Gasteiger partial charge in [0.25, 0.3) is 0 Å². The van der Waals surface area contributed by atoms with Gasteiger partial charge in [-0.2, -0.15) is 0 Å². The van der Waals surface area contributed by atoms with Crippen molar-refractivity contribution in [3.8, 4) is 0 Å². The zero-order valence-electron chi connectivity index (χ0n) is 13.9. The standard InChI is InChI=1S/C19H26N2O2/c1-15-7-10-20(11-8-15)19(23)17-13-18(22)21(14-17)12-9-16-5-3-2-4-6-16/h2-6,15,17H,7-14H2,1H3. The molecular weight excluding hydrogens is 288 g/mol. The highest BCUT2D eigenvalue weighted by atomic mass is 16.2. The summed E-state index contributed by atoms with van der Waals surface area (Å²) in [5.74, 6) is 0.899. The number of hydrogen-bond donors (Lipinski definition) is 0. The minimum atomic E-state index is -0.133. The molecule has 1 aromatic rings. The molecule has 2 aliphatic rings. The second-order valence-corrected chi connectivity index (χ2v) is 6.98. The van der Waals surface area contributed by atoms with Crippen LogP contribution in [0.5, 0.6) is 0 Å². The maximum atomic E-state index is 12.6. The van der Waals surface area contributed by atoms with Crippen LogP contribution >= 0.6 is 0 Å². The molecule has 0 radical (unpaired) electrons. The lowest BCUT2D eigenvalue weighted by Gasteiger charge is -2.32. The van der Waals surface area contributed by atoms with Crippen molar-refractivity contribution in [2.24, 2.45) is 11.8 Å². The fourth-order valence-electron chi connectivity index (χ4n) is 3.55. The summed E-state index contributed by atoms with van der Waals surface area (Å²) in [6.07, 6.45) is 3.42. The van der Waals surface area contributed by atoms with Gasteiger partial charge in [-0.3, -0.25) is 9.59 Å². The molecule has 2 heterocycles. The maximum Gasteiger partial charge on any atom is 0.227 e. The molecule has 4 heteroatoms. The number of carbonyl (C=O) groups excluding carboxylic acids is 2. The van der Waals surface area contributed by atoms with Gasteiger partial charge in [-0.25, -0.2) is 0 Å². The van der Waals surface area contributed by atoms with Gasteiger partial charge in [0, 0.05) is 32.6 Å². The molecule has 3 rings (SSSR count). The van der Waals surface area contributed by atoms with Crippen LogP contribution < -0.4 is 0 Å². The summed E-state index contributed by atoms with van der Waals surface area (Å²) >= 11 is 0.